The summed E-state index contributed by atoms with van der Waals surface area (Å²) in [4.78, 5) is 5.95. The number of thiazole rings is 1. The normalized spacial score (nSPS) is 11.7. The second-order valence-electron chi connectivity index (χ2n) is 5.81. The maximum Gasteiger partial charge on any atom is 0.233 e. The van der Waals surface area contributed by atoms with Gasteiger partial charge in [0.15, 0.2) is 0 Å². The molecule has 2 aromatic heterocycles. The zero-order valence-electron chi connectivity index (χ0n) is 13.2. The fourth-order valence-electron chi connectivity index (χ4n) is 1.80. The summed E-state index contributed by atoms with van der Waals surface area (Å²) in [5.41, 5.74) is 2.01. The van der Waals surface area contributed by atoms with E-state index >= 15 is 0 Å². The van der Waals surface area contributed by atoms with Gasteiger partial charge in [0.05, 0.1) is 12.8 Å². The van der Waals surface area contributed by atoms with Crippen LogP contribution < -0.4 is 10.1 Å². The van der Waals surface area contributed by atoms with Gasteiger partial charge in [0.2, 0.25) is 5.88 Å². The predicted molar refractivity (Wildman–Crippen MR) is 85.7 cm³/mol. The molecule has 0 saturated carbocycles. The van der Waals surface area contributed by atoms with E-state index in [0.29, 0.717) is 5.88 Å². The van der Waals surface area contributed by atoms with Gasteiger partial charge in [-0.25, -0.2) is 4.98 Å². The quantitative estimate of drug-likeness (QED) is 0.920. The molecule has 2 rings (SSSR count). The first-order valence-corrected chi connectivity index (χ1v) is 7.86. The summed E-state index contributed by atoms with van der Waals surface area (Å²) in [6.07, 6.45) is 0.918. The molecule has 0 aliphatic heterocycles. The van der Waals surface area contributed by atoms with E-state index in [2.05, 4.69) is 43.2 Å². The fourth-order valence-corrected chi connectivity index (χ4v) is 2.85. The van der Waals surface area contributed by atoms with E-state index in [1.165, 1.54) is 4.88 Å². The summed E-state index contributed by atoms with van der Waals surface area (Å²) in [5, 5.41) is 12.6. The van der Waals surface area contributed by atoms with E-state index in [4.69, 9.17) is 9.72 Å². The lowest BCUT2D eigenvalue weighted by atomic mass is 10.1. The van der Waals surface area contributed by atoms with Gasteiger partial charge in [-0.1, -0.05) is 6.92 Å². The molecule has 2 heterocycles. The molecule has 2 aromatic rings. The SMILES string of the molecule is CCc1nc(-c2ccc(OC)nn2)sc1CNC(C)(C)C. The Kier molecular flexibility index (Phi) is 4.90. The number of aromatic nitrogens is 3. The molecule has 0 bridgehead atoms. The molecule has 0 atom stereocenters. The summed E-state index contributed by atoms with van der Waals surface area (Å²) in [7, 11) is 1.58. The lowest BCUT2D eigenvalue weighted by Crippen LogP contribution is -2.35. The number of aryl methyl sites for hydroxylation is 1. The molecule has 0 unspecified atom stereocenters. The molecule has 0 radical (unpaired) electrons. The minimum Gasteiger partial charge on any atom is -0.480 e. The standard InChI is InChI=1S/C15H22N4OS/c1-6-10-12(9-16-15(2,3)4)21-14(17-10)11-7-8-13(20-5)19-18-11/h7-8,16H,6,9H2,1-5H3. The number of hydrogen-bond donors (Lipinski definition) is 1. The van der Waals surface area contributed by atoms with Crippen molar-refractivity contribution in [3.05, 3.63) is 22.7 Å². The summed E-state index contributed by atoms with van der Waals surface area (Å²) in [6, 6.07) is 3.70. The Morgan fingerprint density at radius 2 is 2.00 bits per heavy atom. The van der Waals surface area contributed by atoms with Crippen molar-refractivity contribution in [2.24, 2.45) is 0 Å². The summed E-state index contributed by atoms with van der Waals surface area (Å²) < 4.78 is 5.03. The topological polar surface area (TPSA) is 59.9 Å². The van der Waals surface area contributed by atoms with Crippen LogP contribution in [0.3, 0.4) is 0 Å². The van der Waals surface area contributed by atoms with Gasteiger partial charge >= 0.3 is 0 Å². The van der Waals surface area contributed by atoms with Crippen molar-refractivity contribution in [2.45, 2.75) is 46.2 Å². The first-order chi connectivity index (χ1) is 9.93. The molecule has 0 amide bonds. The Morgan fingerprint density at radius 1 is 1.24 bits per heavy atom. The monoisotopic (exact) mass is 306 g/mol. The van der Waals surface area contributed by atoms with E-state index in [-0.39, 0.29) is 5.54 Å². The van der Waals surface area contributed by atoms with E-state index in [1.807, 2.05) is 12.1 Å². The molecule has 0 aliphatic carbocycles. The zero-order valence-corrected chi connectivity index (χ0v) is 14.0. The average Bonchev–Trinajstić information content (AvgIpc) is 2.88. The van der Waals surface area contributed by atoms with Gasteiger partial charge < -0.3 is 10.1 Å². The number of nitrogens with zero attached hydrogens (tertiary/aromatic N) is 3. The molecule has 114 valence electrons. The number of rotatable bonds is 5. The van der Waals surface area contributed by atoms with Crippen LogP contribution in [0.4, 0.5) is 0 Å². The van der Waals surface area contributed by atoms with Crippen LogP contribution in [0.25, 0.3) is 10.7 Å². The van der Waals surface area contributed by atoms with E-state index < -0.39 is 0 Å². The first kappa shape index (κ1) is 15.9. The van der Waals surface area contributed by atoms with E-state index in [0.717, 1.165) is 29.4 Å². The van der Waals surface area contributed by atoms with Crippen molar-refractivity contribution in [1.29, 1.82) is 0 Å². The van der Waals surface area contributed by atoms with Crippen LogP contribution >= 0.6 is 11.3 Å². The van der Waals surface area contributed by atoms with Gasteiger partial charge in [-0.15, -0.1) is 21.5 Å². The molecular formula is C15H22N4OS. The second kappa shape index (κ2) is 6.49. The summed E-state index contributed by atoms with van der Waals surface area (Å²) >= 11 is 1.67. The Labute approximate surface area is 129 Å². The zero-order chi connectivity index (χ0) is 15.5. The Bertz CT molecular complexity index is 587. The second-order valence-corrected chi connectivity index (χ2v) is 6.89. The lowest BCUT2D eigenvalue weighted by molar-refractivity contribution is 0.392. The number of methoxy groups -OCH3 is 1. The predicted octanol–water partition coefficient (Wildman–Crippen LogP) is 3.06. The largest absolute Gasteiger partial charge is 0.480 e. The van der Waals surface area contributed by atoms with Crippen molar-refractivity contribution >= 4 is 11.3 Å². The molecule has 21 heavy (non-hydrogen) atoms. The van der Waals surface area contributed by atoms with Crippen LogP contribution in [-0.4, -0.2) is 27.8 Å². The number of ether oxygens (including phenoxy) is 1. The molecular weight excluding hydrogens is 284 g/mol. The third kappa shape index (κ3) is 4.22. The van der Waals surface area contributed by atoms with Crippen molar-refractivity contribution in [1.82, 2.24) is 20.5 Å². The van der Waals surface area contributed by atoms with Crippen LogP contribution in [0.15, 0.2) is 12.1 Å². The van der Waals surface area contributed by atoms with Crippen LogP contribution in [0, 0.1) is 0 Å². The summed E-state index contributed by atoms with van der Waals surface area (Å²) in [5.74, 6) is 0.514. The molecule has 0 aromatic carbocycles. The van der Waals surface area contributed by atoms with Crippen molar-refractivity contribution in [3.63, 3.8) is 0 Å². The minimum atomic E-state index is 0.0923. The first-order valence-electron chi connectivity index (χ1n) is 7.04. The Morgan fingerprint density at radius 3 is 2.52 bits per heavy atom. The molecule has 0 aliphatic rings. The molecule has 0 saturated heterocycles. The maximum absolute atomic E-state index is 5.03. The lowest BCUT2D eigenvalue weighted by Gasteiger charge is -2.20. The Balaban J connectivity index is 2.22. The fraction of sp³-hybridized carbons (Fsp3) is 0.533. The minimum absolute atomic E-state index is 0.0923. The molecule has 5 nitrogen and oxygen atoms in total. The van der Waals surface area contributed by atoms with Crippen molar-refractivity contribution in [3.8, 4) is 16.6 Å². The molecule has 6 heteroatoms. The van der Waals surface area contributed by atoms with Crippen LogP contribution in [0.2, 0.25) is 0 Å². The van der Waals surface area contributed by atoms with Gasteiger partial charge in [-0.2, -0.15) is 0 Å². The Hall–Kier alpha value is -1.53. The highest BCUT2D eigenvalue weighted by molar-refractivity contribution is 7.15. The van der Waals surface area contributed by atoms with E-state index in [1.54, 1.807) is 18.4 Å². The smallest absolute Gasteiger partial charge is 0.233 e. The van der Waals surface area contributed by atoms with E-state index in [9.17, 15) is 0 Å². The summed E-state index contributed by atoms with van der Waals surface area (Å²) in [6.45, 7) is 9.44. The van der Waals surface area contributed by atoms with Gasteiger partial charge in [-0.05, 0) is 33.3 Å². The highest BCUT2D eigenvalue weighted by atomic mass is 32.1. The van der Waals surface area contributed by atoms with Crippen molar-refractivity contribution < 1.29 is 4.74 Å². The number of hydrogen-bond acceptors (Lipinski definition) is 6. The molecule has 0 fully saturated rings. The average molecular weight is 306 g/mol. The number of nitrogens with one attached hydrogen (secondary N) is 1. The van der Waals surface area contributed by atoms with Crippen molar-refractivity contribution in [2.75, 3.05) is 7.11 Å². The molecule has 1 N–H and O–H groups in total. The van der Waals surface area contributed by atoms with Gasteiger partial charge in [0.1, 0.15) is 10.7 Å². The van der Waals surface area contributed by atoms with Gasteiger partial charge in [-0.3, -0.25) is 0 Å². The maximum atomic E-state index is 5.03. The van der Waals surface area contributed by atoms with Crippen LogP contribution in [0.1, 0.15) is 38.3 Å². The highest BCUT2D eigenvalue weighted by Gasteiger charge is 2.15. The molecule has 0 spiro atoms. The van der Waals surface area contributed by atoms with Crippen LogP contribution in [-0.2, 0) is 13.0 Å². The third-order valence-electron chi connectivity index (χ3n) is 2.96. The van der Waals surface area contributed by atoms with Crippen LogP contribution in [0.5, 0.6) is 5.88 Å². The van der Waals surface area contributed by atoms with Gasteiger partial charge in [0, 0.05) is 23.0 Å². The third-order valence-corrected chi connectivity index (χ3v) is 4.08. The van der Waals surface area contributed by atoms with Gasteiger partial charge in [0.25, 0.3) is 0 Å². The highest BCUT2D eigenvalue weighted by Crippen LogP contribution is 2.27.